The van der Waals surface area contributed by atoms with Gasteiger partial charge in [0, 0.05) is 6.54 Å². The quantitative estimate of drug-likeness (QED) is 0.278. The van der Waals surface area contributed by atoms with Crippen LogP contribution in [0.2, 0.25) is 0 Å². The molecule has 4 unspecified atom stereocenters. The van der Waals surface area contributed by atoms with Gasteiger partial charge in [0.15, 0.2) is 17.7 Å². The zero-order valence-electron chi connectivity index (χ0n) is 12.9. The van der Waals surface area contributed by atoms with Gasteiger partial charge in [-0.1, -0.05) is 0 Å². The first-order valence-corrected chi connectivity index (χ1v) is 7.60. The normalized spacial score (nSPS) is 27.1. The molecule has 0 aliphatic carbocycles. The highest BCUT2D eigenvalue weighted by Gasteiger charge is 2.44. The predicted octanol–water partition coefficient (Wildman–Crippen LogP) is -2.10. The van der Waals surface area contributed by atoms with Crippen LogP contribution in [0.25, 0.3) is 11.2 Å². The number of hydrogen-bond acceptors (Lipinski definition) is 10. The fraction of sp³-hybridized carbons (Fsp3) is 0.615. The van der Waals surface area contributed by atoms with Crippen molar-refractivity contribution in [3.05, 3.63) is 12.7 Å². The first-order chi connectivity index (χ1) is 11.6. The molecule has 1 saturated heterocycles. The molecule has 3 heterocycles. The number of nitrogens with two attached hydrogens (primary N) is 2. The molecule has 0 radical (unpaired) electrons. The van der Waals surface area contributed by atoms with E-state index in [1.54, 1.807) is 4.57 Å². The highest BCUT2D eigenvalue weighted by Crippen LogP contribution is 2.31. The van der Waals surface area contributed by atoms with Crippen LogP contribution in [0.5, 0.6) is 0 Å². The number of anilines is 1. The summed E-state index contributed by atoms with van der Waals surface area (Å²) >= 11 is 0. The molecule has 11 heteroatoms. The molecule has 1 aliphatic rings. The second-order valence-corrected chi connectivity index (χ2v) is 5.56. The molecule has 1 fully saturated rings. The molecule has 132 valence electrons. The van der Waals surface area contributed by atoms with Crippen LogP contribution in [0.4, 0.5) is 5.82 Å². The maximum absolute atomic E-state index is 10.3. The van der Waals surface area contributed by atoms with E-state index in [2.05, 4.69) is 25.1 Å². The van der Waals surface area contributed by atoms with Crippen LogP contribution >= 0.6 is 0 Å². The number of nitrogens with one attached hydrogen (secondary N) is 1. The molecule has 7 N–H and O–H groups in total. The molecule has 0 spiro atoms. The smallest absolute Gasteiger partial charge is 0.167 e. The van der Waals surface area contributed by atoms with Gasteiger partial charge >= 0.3 is 0 Å². The minimum Gasteiger partial charge on any atom is -0.387 e. The average Bonchev–Trinajstić information content (AvgIpc) is 3.12. The zero-order chi connectivity index (χ0) is 17.1. The van der Waals surface area contributed by atoms with Crippen molar-refractivity contribution in [2.75, 3.05) is 25.4 Å². The lowest BCUT2D eigenvalue weighted by atomic mass is 10.1. The van der Waals surface area contributed by atoms with Gasteiger partial charge in [0.2, 0.25) is 0 Å². The Hall–Kier alpha value is -1.89. The molecule has 24 heavy (non-hydrogen) atoms. The highest BCUT2D eigenvalue weighted by molar-refractivity contribution is 5.81. The molecule has 3 rings (SSSR count). The van der Waals surface area contributed by atoms with E-state index in [0.29, 0.717) is 30.9 Å². The van der Waals surface area contributed by atoms with Gasteiger partial charge in [-0.25, -0.2) is 20.8 Å². The Bertz CT molecular complexity index is 681. The minimum absolute atomic E-state index is 0.243. The molecule has 1 aliphatic heterocycles. The summed E-state index contributed by atoms with van der Waals surface area (Å²) in [5.41, 5.74) is 6.61. The van der Waals surface area contributed by atoms with Crippen LogP contribution in [0.3, 0.4) is 0 Å². The van der Waals surface area contributed by atoms with Crippen molar-refractivity contribution in [1.82, 2.24) is 24.8 Å². The summed E-state index contributed by atoms with van der Waals surface area (Å²) in [6.07, 6.45) is -0.0218. The third kappa shape index (κ3) is 3.17. The van der Waals surface area contributed by atoms with Crippen LogP contribution in [0.1, 0.15) is 12.6 Å². The summed E-state index contributed by atoms with van der Waals surface area (Å²) in [7, 11) is 0. The van der Waals surface area contributed by atoms with Crippen molar-refractivity contribution < 1.29 is 19.8 Å². The Kier molecular flexibility index (Phi) is 5.18. The second-order valence-electron chi connectivity index (χ2n) is 5.56. The summed E-state index contributed by atoms with van der Waals surface area (Å²) in [5.74, 6) is 5.19. The molecule has 4 atom stereocenters. The molecule has 0 amide bonds. The van der Waals surface area contributed by atoms with E-state index in [0.717, 1.165) is 6.42 Å². The van der Waals surface area contributed by atoms with E-state index in [-0.39, 0.29) is 5.82 Å². The monoisotopic (exact) mass is 339 g/mol. The van der Waals surface area contributed by atoms with Gasteiger partial charge in [-0.3, -0.25) is 4.57 Å². The molecule has 0 saturated carbocycles. The number of aromatic nitrogens is 4. The third-order valence-corrected chi connectivity index (χ3v) is 3.96. The third-order valence-electron chi connectivity index (χ3n) is 3.96. The van der Waals surface area contributed by atoms with E-state index in [4.69, 9.17) is 16.4 Å². The van der Waals surface area contributed by atoms with Gasteiger partial charge in [0.05, 0.1) is 12.9 Å². The van der Waals surface area contributed by atoms with E-state index in [9.17, 15) is 10.2 Å². The number of aliphatic hydroxyl groups is 2. The lowest BCUT2D eigenvalue weighted by Gasteiger charge is -2.16. The maximum atomic E-state index is 10.3. The van der Waals surface area contributed by atoms with E-state index < -0.39 is 24.5 Å². The SMILES string of the molecule is NOCCCNCC1OC(n2cnc3c(N)ncnc32)C(O)C1O. The van der Waals surface area contributed by atoms with Gasteiger partial charge in [-0.2, -0.15) is 0 Å². The Balaban J connectivity index is 1.69. The molecule has 2 aromatic rings. The lowest BCUT2D eigenvalue weighted by molar-refractivity contribution is -0.0342. The van der Waals surface area contributed by atoms with Crippen LogP contribution in [-0.2, 0) is 9.57 Å². The number of rotatable bonds is 7. The maximum Gasteiger partial charge on any atom is 0.167 e. The summed E-state index contributed by atoms with van der Waals surface area (Å²) in [5, 5.41) is 23.6. The Morgan fingerprint density at radius 3 is 2.92 bits per heavy atom. The van der Waals surface area contributed by atoms with Gasteiger partial charge in [0.25, 0.3) is 0 Å². The Morgan fingerprint density at radius 2 is 2.12 bits per heavy atom. The topological polar surface area (TPSA) is 167 Å². The largest absolute Gasteiger partial charge is 0.387 e. The van der Waals surface area contributed by atoms with Crippen molar-refractivity contribution in [3.63, 3.8) is 0 Å². The lowest BCUT2D eigenvalue weighted by Crippen LogP contribution is -2.38. The summed E-state index contributed by atoms with van der Waals surface area (Å²) < 4.78 is 7.33. The molecule has 2 aromatic heterocycles. The number of hydrogen-bond donors (Lipinski definition) is 5. The minimum atomic E-state index is -1.11. The number of nitrogen functional groups attached to an aromatic ring is 1. The van der Waals surface area contributed by atoms with Crippen LogP contribution in [-0.4, -0.2) is 67.7 Å². The number of aliphatic hydroxyl groups excluding tert-OH is 2. The van der Waals surface area contributed by atoms with E-state index >= 15 is 0 Å². The van der Waals surface area contributed by atoms with Crippen molar-refractivity contribution in [2.45, 2.75) is 31.0 Å². The van der Waals surface area contributed by atoms with Crippen LogP contribution < -0.4 is 16.9 Å². The number of imidazole rings is 1. The fourth-order valence-electron chi connectivity index (χ4n) is 2.71. The fourth-order valence-corrected chi connectivity index (χ4v) is 2.71. The summed E-state index contributed by atoms with van der Waals surface area (Å²) in [4.78, 5) is 16.6. The molecule has 0 aromatic carbocycles. The number of fused-ring (bicyclic) bond motifs is 1. The Morgan fingerprint density at radius 1 is 1.29 bits per heavy atom. The van der Waals surface area contributed by atoms with Gasteiger partial charge in [-0.05, 0) is 13.0 Å². The number of ether oxygens (including phenoxy) is 1. The standard InChI is InChI=1S/C13H21N7O4/c14-11-8-12(18-5-17-11)20(6-19-8)13-10(22)9(21)7(24-13)4-16-2-1-3-23-15/h5-7,9-10,13,16,21-22H,1-4,15H2,(H2,14,17,18). The number of nitrogens with zero attached hydrogens (tertiary/aromatic N) is 4. The van der Waals surface area contributed by atoms with Crippen molar-refractivity contribution in [3.8, 4) is 0 Å². The van der Waals surface area contributed by atoms with Gasteiger partial charge in [0.1, 0.15) is 30.2 Å². The molecule has 0 bridgehead atoms. The second kappa shape index (κ2) is 7.34. The van der Waals surface area contributed by atoms with Crippen molar-refractivity contribution in [2.24, 2.45) is 5.90 Å². The van der Waals surface area contributed by atoms with Gasteiger partial charge < -0.3 is 30.8 Å². The van der Waals surface area contributed by atoms with Crippen molar-refractivity contribution >= 4 is 17.0 Å². The van der Waals surface area contributed by atoms with Crippen molar-refractivity contribution in [1.29, 1.82) is 0 Å². The van der Waals surface area contributed by atoms with E-state index in [1.165, 1.54) is 12.7 Å². The first-order valence-electron chi connectivity index (χ1n) is 7.60. The van der Waals surface area contributed by atoms with Crippen LogP contribution in [0.15, 0.2) is 12.7 Å². The molecular formula is C13H21N7O4. The first kappa shape index (κ1) is 17.0. The summed E-state index contributed by atoms with van der Waals surface area (Å²) in [6.45, 7) is 1.47. The van der Waals surface area contributed by atoms with E-state index in [1.807, 2.05) is 0 Å². The molecule has 11 nitrogen and oxygen atoms in total. The predicted molar refractivity (Wildman–Crippen MR) is 83.3 cm³/mol. The Labute approximate surface area is 137 Å². The summed E-state index contributed by atoms with van der Waals surface area (Å²) in [6, 6.07) is 0. The molecular weight excluding hydrogens is 318 g/mol. The zero-order valence-corrected chi connectivity index (χ0v) is 12.9. The average molecular weight is 339 g/mol. The highest BCUT2D eigenvalue weighted by atomic mass is 16.6. The van der Waals surface area contributed by atoms with Gasteiger partial charge in [-0.15, -0.1) is 0 Å². The van der Waals surface area contributed by atoms with Crippen LogP contribution in [0, 0.1) is 0 Å².